The van der Waals surface area contributed by atoms with Gasteiger partial charge < -0.3 is 4.74 Å². The maximum absolute atomic E-state index is 15.1. The molecule has 3 heterocycles. The number of terminal acetylenes is 1. The predicted octanol–water partition coefficient (Wildman–Crippen LogP) is 6.13. The Labute approximate surface area is 200 Å². The molecular formula is C29H19FN4O. The van der Waals surface area contributed by atoms with Crippen molar-refractivity contribution in [3.63, 3.8) is 0 Å². The van der Waals surface area contributed by atoms with E-state index >= 15 is 4.39 Å². The highest BCUT2D eigenvalue weighted by molar-refractivity contribution is 6.12. The standard InChI is InChI=1S/C29H19FN4O/c1-4-17-9-10-20(23(30)11-17)29-28-22-13-21(19-12-18-7-5-6-8-24(18)31-15-19)27(35-3)14-25(22)32-16-26(28)34(2)33-29/h1,5-16H,2-3H3. The molecule has 0 atom stereocenters. The molecule has 0 N–H and O–H groups in total. The zero-order valence-corrected chi connectivity index (χ0v) is 19.1. The number of halogens is 1. The van der Waals surface area contributed by atoms with Crippen LogP contribution < -0.4 is 4.74 Å². The maximum atomic E-state index is 15.1. The molecule has 6 rings (SSSR count). The van der Waals surface area contributed by atoms with Crippen molar-refractivity contribution < 1.29 is 9.13 Å². The van der Waals surface area contributed by atoms with Gasteiger partial charge in [0.05, 0.1) is 29.9 Å². The van der Waals surface area contributed by atoms with Gasteiger partial charge in [0, 0.05) is 57.7 Å². The van der Waals surface area contributed by atoms with E-state index in [1.165, 1.54) is 6.07 Å². The third-order valence-electron chi connectivity index (χ3n) is 6.30. The van der Waals surface area contributed by atoms with E-state index in [4.69, 9.17) is 11.2 Å². The van der Waals surface area contributed by atoms with E-state index in [1.807, 2.05) is 49.6 Å². The predicted molar refractivity (Wildman–Crippen MR) is 137 cm³/mol. The van der Waals surface area contributed by atoms with E-state index in [0.717, 1.165) is 43.8 Å². The molecule has 0 spiro atoms. The summed E-state index contributed by atoms with van der Waals surface area (Å²) in [5.74, 6) is 2.73. The molecule has 0 amide bonds. The van der Waals surface area contributed by atoms with Crippen molar-refractivity contribution in [2.24, 2.45) is 7.05 Å². The first-order valence-corrected chi connectivity index (χ1v) is 11.0. The fourth-order valence-corrected chi connectivity index (χ4v) is 4.56. The van der Waals surface area contributed by atoms with Crippen molar-refractivity contribution in [1.82, 2.24) is 19.7 Å². The monoisotopic (exact) mass is 458 g/mol. The van der Waals surface area contributed by atoms with Gasteiger partial charge in [-0.15, -0.1) is 6.42 Å². The van der Waals surface area contributed by atoms with Crippen LogP contribution in [0.3, 0.4) is 0 Å². The van der Waals surface area contributed by atoms with Crippen molar-refractivity contribution in [2.45, 2.75) is 0 Å². The van der Waals surface area contributed by atoms with Crippen LogP contribution in [0.25, 0.3) is 55.1 Å². The van der Waals surface area contributed by atoms with Crippen LogP contribution in [0.1, 0.15) is 5.56 Å². The maximum Gasteiger partial charge on any atom is 0.133 e. The number of pyridine rings is 2. The first-order valence-electron chi connectivity index (χ1n) is 11.0. The smallest absolute Gasteiger partial charge is 0.133 e. The zero-order valence-electron chi connectivity index (χ0n) is 19.1. The highest BCUT2D eigenvalue weighted by atomic mass is 19.1. The number of hydrogen-bond acceptors (Lipinski definition) is 4. The molecule has 35 heavy (non-hydrogen) atoms. The minimum atomic E-state index is -0.419. The van der Waals surface area contributed by atoms with E-state index < -0.39 is 5.82 Å². The van der Waals surface area contributed by atoms with Gasteiger partial charge in [-0.2, -0.15) is 5.10 Å². The normalized spacial score (nSPS) is 11.3. The fraction of sp³-hybridized carbons (Fsp3) is 0.0690. The van der Waals surface area contributed by atoms with Crippen LogP contribution in [-0.4, -0.2) is 26.9 Å². The van der Waals surface area contributed by atoms with Crippen molar-refractivity contribution >= 4 is 32.7 Å². The van der Waals surface area contributed by atoms with Crippen LogP contribution in [-0.2, 0) is 7.05 Å². The molecule has 0 aliphatic heterocycles. The van der Waals surface area contributed by atoms with Crippen molar-refractivity contribution in [3.05, 3.63) is 84.4 Å². The Hall–Kier alpha value is -4.76. The summed E-state index contributed by atoms with van der Waals surface area (Å²) in [4.78, 5) is 9.26. The lowest BCUT2D eigenvalue weighted by Gasteiger charge is -2.12. The highest BCUT2D eigenvalue weighted by Crippen LogP contribution is 2.40. The van der Waals surface area contributed by atoms with Crippen molar-refractivity contribution in [2.75, 3.05) is 7.11 Å². The van der Waals surface area contributed by atoms with Crippen LogP contribution in [0.4, 0.5) is 4.39 Å². The Balaban J connectivity index is 1.67. The lowest BCUT2D eigenvalue weighted by atomic mass is 9.98. The van der Waals surface area contributed by atoms with Crippen LogP contribution >= 0.6 is 0 Å². The molecule has 168 valence electrons. The highest BCUT2D eigenvalue weighted by Gasteiger charge is 2.20. The lowest BCUT2D eigenvalue weighted by Crippen LogP contribution is -1.93. The van der Waals surface area contributed by atoms with E-state index in [0.29, 0.717) is 22.6 Å². The van der Waals surface area contributed by atoms with E-state index in [9.17, 15) is 0 Å². The number of aryl methyl sites for hydroxylation is 1. The van der Waals surface area contributed by atoms with Crippen LogP contribution in [0.5, 0.6) is 5.75 Å². The molecule has 0 radical (unpaired) electrons. The molecule has 6 heteroatoms. The first kappa shape index (κ1) is 20.8. The lowest BCUT2D eigenvalue weighted by molar-refractivity contribution is 0.417. The summed E-state index contributed by atoms with van der Waals surface area (Å²) < 4.78 is 22.5. The number of ether oxygens (including phenoxy) is 1. The molecule has 5 nitrogen and oxygen atoms in total. The zero-order chi connectivity index (χ0) is 24.1. The van der Waals surface area contributed by atoms with Crippen molar-refractivity contribution in [1.29, 1.82) is 0 Å². The fourth-order valence-electron chi connectivity index (χ4n) is 4.56. The number of methoxy groups -OCH3 is 1. The summed E-state index contributed by atoms with van der Waals surface area (Å²) in [6, 6.07) is 18.7. The van der Waals surface area contributed by atoms with Crippen LogP contribution in [0.2, 0.25) is 0 Å². The molecular weight excluding hydrogens is 439 g/mol. The molecule has 0 aliphatic carbocycles. The minimum absolute atomic E-state index is 0.381. The molecule has 3 aromatic heterocycles. The second-order valence-corrected chi connectivity index (χ2v) is 8.32. The second kappa shape index (κ2) is 7.93. The number of fused-ring (bicyclic) bond motifs is 4. The Morgan fingerprint density at radius 2 is 1.77 bits per heavy atom. The topological polar surface area (TPSA) is 52.8 Å². The van der Waals surface area contributed by atoms with Crippen molar-refractivity contribution in [3.8, 4) is 40.5 Å². The van der Waals surface area contributed by atoms with E-state index in [2.05, 4.69) is 27.1 Å². The molecule has 0 unspecified atom stereocenters. The average molecular weight is 458 g/mol. The van der Waals surface area contributed by atoms with Crippen LogP contribution in [0, 0.1) is 18.2 Å². The van der Waals surface area contributed by atoms with Gasteiger partial charge in [-0.05, 0) is 36.4 Å². The van der Waals surface area contributed by atoms with Crippen LogP contribution in [0.15, 0.2) is 73.1 Å². The Kier molecular flexibility index (Phi) is 4.71. The van der Waals surface area contributed by atoms with Gasteiger partial charge in [0.1, 0.15) is 17.3 Å². The number of para-hydroxylation sites is 1. The van der Waals surface area contributed by atoms with Gasteiger partial charge in [-0.25, -0.2) is 4.39 Å². The van der Waals surface area contributed by atoms with E-state index in [1.54, 1.807) is 30.1 Å². The minimum Gasteiger partial charge on any atom is -0.496 e. The number of hydrogen-bond donors (Lipinski definition) is 0. The molecule has 0 saturated carbocycles. The van der Waals surface area contributed by atoms with E-state index in [-0.39, 0.29) is 0 Å². The van der Waals surface area contributed by atoms with Gasteiger partial charge in [0.25, 0.3) is 0 Å². The SMILES string of the molecule is C#Cc1ccc(-c2nn(C)c3cnc4cc(OC)c(-c5cnc6ccccc6c5)cc4c23)c(F)c1. The Morgan fingerprint density at radius 3 is 2.57 bits per heavy atom. The summed E-state index contributed by atoms with van der Waals surface area (Å²) in [5.41, 5.74) is 5.60. The van der Waals surface area contributed by atoms with Gasteiger partial charge in [-0.3, -0.25) is 14.6 Å². The third kappa shape index (κ3) is 3.29. The van der Waals surface area contributed by atoms with Gasteiger partial charge in [-0.1, -0.05) is 24.1 Å². The summed E-state index contributed by atoms with van der Waals surface area (Å²) in [6.07, 6.45) is 9.03. The second-order valence-electron chi connectivity index (χ2n) is 8.32. The first-order chi connectivity index (χ1) is 17.1. The number of rotatable bonds is 3. The van der Waals surface area contributed by atoms with Gasteiger partial charge in [0.15, 0.2) is 0 Å². The van der Waals surface area contributed by atoms with Gasteiger partial charge in [0.2, 0.25) is 0 Å². The average Bonchev–Trinajstić information content (AvgIpc) is 3.23. The summed E-state index contributed by atoms with van der Waals surface area (Å²) in [6.45, 7) is 0. The molecule has 6 aromatic rings. The number of benzene rings is 3. The summed E-state index contributed by atoms with van der Waals surface area (Å²) in [5, 5.41) is 7.33. The molecule has 0 aliphatic rings. The van der Waals surface area contributed by atoms with Gasteiger partial charge >= 0.3 is 0 Å². The summed E-state index contributed by atoms with van der Waals surface area (Å²) >= 11 is 0. The number of aromatic nitrogens is 4. The Bertz CT molecular complexity index is 1830. The Morgan fingerprint density at radius 1 is 0.943 bits per heavy atom. The quantitative estimate of drug-likeness (QED) is 0.299. The summed E-state index contributed by atoms with van der Waals surface area (Å²) in [7, 11) is 3.46. The molecule has 0 saturated heterocycles. The largest absolute Gasteiger partial charge is 0.496 e. The number of nitrogens with zero attached hydrogens (tertiary/aromatic N) is 4. The molecule has 0 fully saturated rings. The molecule has 3 aromatic carbocycles. The third-order valence-corrected chi connectivity index (χ3v) is 6.30. The molecule has 0 bridgehead atoms.